The number of rotatable bonds is 3. The number of alkyl halides is 3. The first kappa shape index (κ1) is 15.4. The van der Waals surface area contributed by atoms with Crippen LogP contribution in [-0.2, 0) is 12.7 Å². The van der Waals surface area contributed by atoms with Crippen molar-refractivity contribution in [3.8, 4) is 5.75 Å². The molecule has 21 heavy (non-hydrogen) atoms. The molecule has 2 rings (SSSR count). The summed E-state index contributed by atoms with van der Waals surface area (Å²) in [6, 6.07) is 6.82. The lowest BCUT2D eigenvalue weighted by molar-refractivity contribution is -0.137. The van der Waals surface area contributed by atoms with Gasteiger partial charge in [-0.2, -0.15) is 13.2 Å². The number of halogens is 5. The van der Waals surface area contributed by atoms with Crippen LogP contribution in [0.2, 0.25) is 5.02 Å². The summed E-state index contributed by atoms with van der Waals surface area (Å²) in [7, 11) is 0. The normalized spacial score (nSPS) is 11.5. The van der Waals surface area contributed by atoms with Crippen molar-refractivity contribution in [1.82, 2.24) is 0 Å². The molecular weight excluding hydrogens is 310 g/mol. The molecular formula is C14H10ClF4NO. The van der Waals surface area contributed by atoms with Crippen molar-refractivity contribution in [2.75, 3.05) is 5.32 Å². The average Bonchev–Trinajstić information content (AvgIpc) is 2.35. The van der Waals surface area contributed by atoms with Gasteiger partial charge in [0.2, 0.25) is 0 Å². The van der Waals surface area contributed by atoms with E-state index in [0.717, 1.165) is 18.2 Å². The van der Waals surface area contributed by atoms with E-state index in [4.69, 9.17) is 11.6 Å². The van der Waals surface area contributed by atoms with Crippen molar-refractivity contribution in [3.05, 3.63) is 58.4 Å². The SMILES string of the molecule is Oc1cc(F)cc(CNc2ccc(Cl)c(C(F)(F)F)c2)c1. The minimum absolute atomic E-state index is 0.0598. The van der Waals surface area contributed by atoms with E-state index < -0.39 is 22.6 Å². The van der Waals surface area contributed by atoms with Gasteiger partial charge in [-0.05, 0) is 35.9 Å². The largest absolute Gasteiger partial charge is 0.508 e. The van der Waals surface area contributed by atoms with Gasteiger partial charge in [0.15, 0.2) is 0 Å². The maximum Gasteiger partial charge on any atom is 0.417 e. The Kier molecular flexibility index (Phi) is 4.27. The van der Waals surface area contributed by atoms with Crippen LogP contribution in [0.5, 0.6) is 5.75 Å². The monoisotopic (exact) mass is 319 g/mol. The molecule has 2 aromatic rings. The molecule has 7 heteroatoms. The van der Waals surface area contributed by atoms with Crippen LogP contribution in [0, 0.1) is 5.82 Å². The summed E-state index contributed by atoms with van der Waals surface area (Å²) in [6.07, 6.45) is -4.55. The smallest absolute Gasteiger partial charge is 0.417 e. The zero-order valence-electron chi connectivity index (χ0n) is 10.5. The molecule has 2 nitrogen and oxygen atoms in total. The molecule has 0 aromatic heterocycles. The van der Waals surface area contributed by atoms with Gasteiger partial charge in [-0.3, -0.25) is 0 Å². The van der Waals surface area contributed by atoms with E-state index >= 15 is 0 Å². The Morgan fingerprint density at radius 1 is 1.10 bits per heavy atom. The van der Waals surface area contributed by atoms with E-state index in [1.807, 2.05) is 0 Å². The highest BCUT2D eigenvalue weighted by Gasteiger charge is 2.33. The minimum Gasteiger partial charge on any atom is -0.508 e. The minimum atomic E-state index is -4.55. The molecule has 0 saturated heterocycles. The van der Waals surface area contributed by atoms with Crippen LogP contribution < -0.4 is 5.32 Å². The van der Waals surface area contributed by atoms with E-state index in [1.165, 1.54) is 18.2 Å². The highest BCUT2D eigenvalue weighted by Crippen LogP contribution is 2.36. The van der Waals surface area contributed by atoms with Gasteiger partial charge in [-0.15, -0.1) is 0 Å². The molecule has 0 aliphatic heterocycles. The number of hydrogen-bond donors (Lipinski definition) is 2. The number of phenolic OH excluding ortho intramolecular Hbond substituents is 1. The van der Waals surface area contributed by atoms with Crippen LogP contribution in [0.15, 0.2) is 36.4 Å². The molecule has 0 atom stereocenters. The second kappa shape index (κ2) is 5.81. The molecule has 2 aromatic carbocycles. The molecule has 2 N–H and O–H groups in total. The van der Waals surface area contributed by atoms with Gasteiger partial charge in [-0.25, -0.2) is 4.39 Å². The summed E-state index contributed by atoms with van der Waals surface area (Å²) >= 11 is 5.51. The molecule has 0 fully saturated rings. The molecule has 0 saturated carbocycles. The molecule has 0 bridgehead atoms. The van der Waals surface area contributed by atoms with Gasteiger partial charge in [0.25, 0.3) is 0 Å². The summed E-state index contributed by atoms with van der Waals surface area (Å²) in [6.45, 7) is 0.0598. The van der Waals surface area contributed by atoms with Crippen molar-refractivity contribution in [1.29, 1.82) is 0 Å². The van der Waals surface area contributed by atoms with Crippen molar-refractivity contribution < 1.29 is 22.7 Å². The van der Waals surface area contributed by atoms with Gasteiger partial charge in [0.05, 0.1) is 10.6 Å². The van der Waals surface area contributed by atoms with Crippen molar-refractivity contribution >= 4 is 17.3 Å². The summed E-state index contributed by atoms with van der Waals surface area (Å²) in [4.78, 5) is 0. The van der Waals surface area contributed by atoms with E-state index in [9.17, 15) is 22.7 Å². The fourth-order valence-electron chi connectivity index (χ4n) is 1.79. The topological polar surface area (TPSA) is 32.3 Å². The second-order valence-corrected chi connectivity index (χ2v) is 4.77. The standard InChI is InChI=1S/C14H10ClF4NO/c15-13-2-1-10(6-12(13)14(17,18)19)20-7-8-3-9(16)5-11(21)4-8/h1-6,20-21H,7H2. The fourth-order valence-corrected chi connectivity index (χ4v) is 2.02. The summed E-state index contributed by atoms with van der Waals surface area (Å²) in [5, 5.41) is 11.6. The third-order valence-electron chi connectivity index (χ3n) is 2.71. The number of anilines is 1. The Morgan fingerprint density at radius 2 is 1.81 bits per heavy atom. The lowest BCUT2D eigenvalue weighted by Gasteiger charge is -2.12. The maximum absolute atomic E-state index is 13.1. The first-order valence-corrected chi connectivity index (χ1v) is 6.22. The molecule has 0 radical (unpaired) electrons. The quantitative estimate of drug-likeness (QED) is 0.795. The number of benzene rings is 2. The number of hydrogen-bond acceptors (Lipinski definition) is 2. The maximum atomic E-state index is 13.1. The predicted octanol–water partition coefficient (Wildman–Crippen LogP) is 4.82. The van der Waals surface area contributed by atoms with E-state index in [-0.39, 0.29) is 18.0 Å². The number of aromatic hydroxyl groups is 1. The number of phenols is 1. The first-order chi connectivity index (χ1) is 9.75. The second-order valence-electron chi connectivity index (χ2n) is 4.36. The average molecular weight is 320 g/mol. The third kappa shape index (κ3) is 4.01. The van der Waals surface area contributed by atoms with Gasteiger partial charge in [0.1, 0.15) is 11.6 Å². The van der Waals surface area contributed by atoms with Gasteiger partial charge < -0.3 is 10.4 Å². The molecule has 0 amide bonds. The highest BCUT2D eigenvalue weighted by atomic mass is 35.5. The van der Waals surface area contributed by atoms with Crippen LogP contribution >= 0.6 is 11.6 Å². The Labute approximate surface area is 123 Å². The Hall–Kier alpha value is -1.95. The Morgan fingerprint density at radius 3 is 2.43 bits per heavy atom. The van der Waals surface area contributed by atoms with Gasteiger partial charge in [-0.1, -0.05) is 11.6 Å². The van der Waals surface area contributed by atoms with E-state index in [1.54, 1.807) is 0 Å². The fraction of sp³-hybridized carbons (Fsp3) is 0.143. The van der Waals surface area contributed by atoms with E-state index in [2.05, 4.69) is 5.32 Å². The van der Waals surface area contributed by atoms with Crippen molar-refractivity contribution in [2.45, 2.75) is 12.7 Å². The molecule has 0 aliphatic carbocycles. The van der Waals surface area contributed by atoms with Crippen molar-refractivity contribution in [3.63, 3.8) is 0 Å². The number of nitrogens with one attached hydrogen (secondary N) is 1. The van der Waals surface area contributed by atoms with Crippen molar-refractivity contribution in [2.24, 2.45) is 0 Å². The summed E-state index contributed by atoms with van der Waals surface area (Å²) < 4.78 is 51.2. The van der Waals surface area contributed by atoms with Crippen LogP contribution in [-0.4, -0.2) is 5.11 Å². The predicted molar refractivity (Wildman–Crippen MR) is 71.8 cm³/mol. The first-order valence-electron chi connectivity index (χ1n) is 5.85. The Bertz CT molecular complexity index is 638. The summed E-state index contributed by atoms with van der Waals surface area (Å²) in [5.74, 6) is -0.877. The van der Waals surface area contributed by atoms with Crippen LogP contribution in [0.1, 0.15) is 11.1 Å². The zero-order valence-corrected chi connectivity index (χ0v) is 11.3. The highest BCUT2D eigenvalue weighted by molar-refractivity contribution is 6.31. The lowest BCUT2D eigenvalue weighted by Crippen LogP contribution is -2.07. The van der Waals surface area contributed by atoms with Crippen LogP contribution in [0.25, 0.3) is 0 Å². The van der Waals surface area contributed by atoms with Gasteiger partial charge in [0, 0.05) is 18.3 Å². The molecule has 0 heterocycles. The summed E-state index contributed by atoms with van der Waals surface area (Å²) in [5.41, 5.74) is -0.359. The molecule has 0 aliphatic rings. The Balaban J connectivity index is 2.17. The zero-order chi connectivity index (χ0) is 15.6. The van der Waals surface area contributed by atoms with Gasteiger partial charge >= 0.3 is 6.18 Å². The molecule has 0 spiro atoms. The van der Waals surface area contributed by atoms with E-state index in [0.29, 0.717) is 5.56 Å². The van der Waals surface area contributed by atoms with Crippen LogP contribution in [0.4, 0.5) is 23.2 Å². The van der Waals surface area contributed by atoms with Crippen LogP contribution in [0.3, 0.4) is 0 Å². The molecule has 112 valence electrons. The molecule has 0 unspecified atom stereocenters. The third-order valence-corrected chi connectivity index (χ3v) is 3.04. The lowest BCUT2D eigenvalue weighted by atomic mass is 10.1.